The van der Waals surface area contributed by atoms with Crippen LogP contribution in [-0.4, -0.2) is 26.4 Å². The molecule has 0 aromatic heterocycles. The van der Waals surface area contributed by atoms with E-state index in [2.05, 4.69) is 13.8 Å². The van der Waals surface area contributed by atoms with Gasteiger partial charge in [-0.25, -0.2) is 0 Å². The number of ether oxygens (including phenoxy) is 2. The summed E-state index contributed by atoms with van der Waals surface area (Å²) in [4.78, 5) is 0. The smallest absolute Gasteiger partial charge is 0.0518 e. The second-order valence-electron chi connectivity index (χ2n) is 3.32. The summed E-state index contributed by atoms with van der Waals surface area (Å²) in [5.41, 5.74) is 0. The van der Waals surface area contributed by atoms with Gasteiger partial charge in [-0.3, -0.25) is 0 Å². The van der Waals surface area contributed by atoms with E-state index in [1.807, 2.05) is 13.8 Å². The second-order valence-corrected chi connectivity index (χ2v) is 3.32. The standard InChI is InChI=1S/C10H22O2/c1-5-11-7-10(9(3)4)8-12-6-2/h9-10H,5-8H2,1-4H3. The van der Waals surface area contributed by atoms with Gasteiger partial charge >= 0.3 is 0 Å². The van der Waals surface area contributed by atoms with Gasteiger partial charge in [0.05, 0.1) is 13.2 Å². The van der Waals surface area contributed by atoms with Crippen LogP contribution in [0.1, 0.15) is 27.7 Å². The Kier molecular flexibility index (Phi) is 7.51. The zero-order valence-corrected chi connectivity index (χ0v) is 8.80. The van der Waals surface area contributed by atoms with Crippen LogP contribution in [0.25, 0.3) is 0 Å². The van der Waals surface area contributed by atoms with Gasteiger partial charge < -0.3 is 9.47 Å². The highest BCUT2D eigenvalue weighted by atomic mass is 16.5. The summed E-state index contributed by atoms with van der Waals surface area (Å²) in [5.74, 6) is 1.19. The third kappa shape index (κ3) is 5.56. The number of hydrogen-bond acceptors (Lipinski definition) is 2. The van der Waals surface area contributed by atoms with Crippen LogP contribution < -0.4 is 0 Å². The van der Waals surface area contributed by atoms with Gasteiger partial charge in [0.2, 0.25) is 0 Å². The lowest BCUT2D eigenvalue weighted by molar-refractivity contribution is 0.0297. The van der Waals surface area contributed by atoms with E-state index in [-0.39, 0.29) is 0 Å². The fraction of sp³-hybridized carbons (Fsp3) is 1.00. The largest absolute Gasteiger partial charge is 0.381 e. The summed E-state index contributed by atoms with van der Waals surface area (Å²) in [5, 5.41) is 0. The fourth-order valence-corrected chi connectivity index (χ4v) is 0.971. The number of hydrogen-bond donors (Lipinski definition) is 0. The predicted molar refractivity (Wildman–Crippen MR) is 51.3 cm³/mol. The Balaban J connectivity index is 3.55. The van der Waals surface area contributed by atoms with E-state index in [9.17, 15) is 0 Å². The Morgan fingerprint density at radius 3 is 1.58 bits per heavy atom. The van der Waals surface area contributed by atoms with Crippen molar-refractivity contribution in [2.45, 2.75) is 27.7 Å². The van der Waals surface area contributed by atoms with Crippen LogP contribution in [-0.2, 0) is 9.47 Å². The van der Waals surface area contributed by atoms with Crippen molar-refractivity contribution in [3.05, 3.63) is 0 Å². The monoisotopic (exact) mass is 174 g/mol. The van der Waals surface area contributed by atoms with Gasteiger partial charge in [-0.1, -0.05) is 13.8 Å². The molecule has 0 aliphatic carbocycles. The average Bonchev–Trinajstić information content (AvgIpc) is 2.04. The molecule has 0 aliphatic heterocycles. The normalized spacial score (nSPS) is 11.5. The zero-order chi connectivity index (χ0) is 9.40. The molecule has 0 spiro atoms. The van der Waals surface area contributed by atoms with Crippen LogP contribution in [0.3, 0.4) is 0 Å². The quantitative estimate of drug-likeness (QED) is 0.589. The Labute approximate surface area is 76.3 Å². The molecule has 0 rings (SSSR count). The summed E-state index contributed by atoms with van der Waals surface area (Å²) in [6.45, 7) is 11.7. The van der Waals surface area contributed by atoms with E-state index in [1.54, 1.807) is 0 Å². The third-order valence-electron chi connectivity index (χ3n) is 2.01. The highest BCUT2D eigenvalue weighted by molar-refractivity contribution is 4.61. The first-order valence-electron chi connectivity index (χ1n) is 4.87. The minimum absolute atomic E-state index is 0.546. The summed E-state index contributed by atoms with van der Waals surface area (Å²) in [6.07, 6.45) is 0. The summed E-state index contributed by atoms with van der Waals surface area (Å²) < 4.78 is 10.7. The predicted octanol–water partition coefficient (Wildman–Crippen LogP) is 2.33. The third-order valence-corrected chi connectivity index (χ3v) is 2.01. The van der Waals surface area contributed by atoms with Gasteiger partial charge in [-0.15, -0.1) is 0 Å². The highest BCUT2D eigenvalue weighted by Crippen LogP contribution is 2.11. The van der Waals surface area contributed by atoms with Gasteiger partial charge in [0.15, 0.2) is 0 Å². The summed E-state index contributed by atoms with van der Waals surface area (Å²) in [6, 6.07) is 0. The van der Waals surface area contributed by atoms with E-state index in [0.717, 1.165) is 26.4 Å². The molecule has 2 heteroatoms. The van der Waals surface area contributed by atoms with Crippen molar-refractivity contribution in [1.29, 1.82) is 0 Å². The lowest BCUT2D eigenvalue weighted by Gasteiger charge is -2.19. The molecule has 0 bridgehead atoms. The molecule has 2 nitrogen and oxygen atoms in total. The van der Waals surface area contributed by atoms with Crippen LogP contribution in [0.2, 0.25) is 0 Å². The molecule has 0 radical (unpaired) electrons. The van der Waals surface area contributed by atoms with E-state index >= 15 is 0 Å². The maximum Gasteiger partial charge on any atom is 0.0518 e. The van der Waals surface area contributed by atoms with Crippen LogP contribution in [0.4, 0.5) is 0 Å². The molecule has 0 aliphatic rings. The lowest BCUT2D eigenvalue weighted by Crippen LogP contribution is -2.21. The molecule has 0 heterocycles. The van der Waals surface area contributed by atoms with Gasteiger partial charge in [0, 0.05) is 19.1 Å². The Morgan fingerprint density at radius 1 is 0.917 bits per heavy atom. The molecule has 0 atom stereocenters. The molecule has 0 N–H and O–H groups in total. The Morgan fingerprint density at radius 2 is 1.33 bits per heavy atom. The maximum atomic E-state index is 5.37. The lowest BCUT2D eigenvalue weighted by atomic mass is 9.98. The minimum Gasteiger partial charge on any atom is -0.381 e. The van der Waals surface area contributed by atoms with Crippen LogP contribution >= 0.6 is 0 Å². The van der Waals surface area contributed by atoms with Crippen molar-refractivity contribution in [1.82, 2.24) is 0 Å². The van der Waals surface area contributed by atoms with E-state index < -0.39 is 0 Å². The molecule has 0 amide bonds. The van der Waals surface area contributed by atoms with Crippen molar-refractivity contribution in [3.63, 3.8) is 0 Å². The molecule has 0 fully saturated rings. The van der Waals surface area contributed by atoms with Crippen molar-refractivity contribution in [2.75, 3.05) is 26.4 Å². The first-order chi connectivity index (χ1) is 5.72. The molecule has 0 aromatic rings. The molecule has 12 heavy (non-hydrogen) atoms. The molecule has 0 saturated heterocycles. The van der Waals surface area contributed by atoms with Gasteiger partial charge in [0.1, 0.15) is 0 Å². The topological polar surface area (TPSA) is 18.5 Å². The van der Waals surface area contributed by atoms with E-state index in [1.165, 1.54) is 0 Å². The molecule has 0 saturated carbocycles. The molecule has 0 aromatic carbocycles. The second kappa shape index (κ2) is 7.56. The zero-order valence-electron chi connectivity index (χ0n) is 8.80. The first-order valence-corrected chi connectivity index (χ1v) is 4.87. The fourth-order valence-electron chi connectivity index (χ4n) is 0.971. The summed E-state index contributed by atoms with van der Waals surface area (Å²) >= 11 is 0. The summed E-state index contributed by atoms with van der Waals surface area (Å²) in [7, 11) is 0. The maximum absolute atomic E-state index is 5.37. The first kappa shape index (κ1) is 11.9. The average molecular weight is 174 g/mol. The molecule has 74 valence electrons. The van der Waals surface area contributed by atoms with Crippen molar-refractivity contribution in [3.8, 4) is 0 Å². The van der Waals surface area contributed by atoms with Crippen molar-refractivity contribution in [2.24, 2.45) is 11.8 Å². The highest BCUT2D eigenvalue weighted by Gasteiger charge is 2.12. The van der Waals surface area contributed by atoms with E-state index in [4.69, 9.17) is 9.47 Å². The van der Waals surface area contributed by atoms with Crippen LogP contribution in [0, 0.1) is 11.8 Å². The van der Waals surface area contributed by atoms with Crippen LogP contribution in [0.5, 0.6) is 0 Å². The van der Waals surface area contributed by atoms with Crippen LogP contribution in [0.15, 0.2) is 0 Å². The Bertz CT molecular complexity index is 83.8. The number of rotatable bonds is 7. The van der Waals surface area contributed by atoms with Gasteiger partial charge in [-0.2, -0.15) is 0 Å². The minimum atomic E-state index is 0.546. The SMILES string of the molecule is CCOCC(COCC)C(C)C. The van der Waals surface area contributed by atoms with Gasteiger partial charge in [0.25, 0.3) is 0 Å². The molecule has 0 unspecified atom stereocenters. The van der Waals surface area contributed by atoms with E-state index in [0.29, 0.717) is 11.8 Å². The van der Waals surface area contributed by atoms with Gasteiger partial charge in [-0.05, 0) is 19.8 Å². The molecular weight excluding hydrogens is 152 g/mol. The van der Waals surface area contributed by atoms with Crippen molar-refractivity contribution >= 4 is 0 Å². The molecular formula is C10H22O2. The van der Waals surface area contributed by atoms with Crippen molar-refractivity contribution < 1.29 is 9.47 Å². The Hall–Kier alpha value is -0.0800.